The zero-order valence-electron chi connectivity index (χ0n) is 9.92. The molecule has 1 saturated carbocycles. The second-order valence-corrected chi connectivity index (χ2v) is 6.64. The molecule has 2 aliphatic rings. The third kappa shape index (κ3) is 2.54. The Morgan fingerprint density at radius 3 is 2.62 bits per heavy atom. The van der Waals surface area contributed by atoms with Crippen molar-refractivity contribution in [2.45, 2.75) is 44.6 Å². The lowest BCUT2D eigenvalue weighted by molar-refractivity contribution is -0.137. The summed E-state index contributed by atoms with van der Waals surface area (Å²) in [5.74, 6) is 1.28. The van der Waals surface area contributed by atoms with E-state index in [4.69, 9.17) is 0 Å². The summed E-state index contributed by atoms with van der Waals surface area (Å²) >= 11 is 1.66. The molecule has 0 aromatic heterocycles. The molecule has 1 amide bonds. The SMILES string of the molecule is CC1(CNC(=O)C2(O)CCSC2)CCCC1. The zero-order chi connectivity index (χ0) is 11.6. The van der Waals surface area contributed by atoms with Crippen molar-refractivity contribution < 1.29 is 9.90 Å². The highest BCUT2D eigenvalue weighted by molar-refractivity contribution is 7.99. The van der Waals surface area contributed by atoms with E-state index in [0.717, 1.165) is 12.3 Å². The van der Waals surface area contributed by atoms with Gasteiger partial charge >= 0.3 is 0 Å². The average Bonchev–Trinajstić information content (AvgIpc) is 2.86. The quantitative estimate of drug-likeness (QED) is 0.790. The van der Waals surface area contributed by atoms with Crippen LogP contribution in [0.5, 0.6) is 0 Å². The summed E-state index contributed by atoms with van der Waals surface area (Å²) in [4.78, 5) is 11.9. The molecule has 1 heterocycles. The Hall–Kier alpha value is -0.220. The molecule has 4 heteroatoms. The lowest BCUT2D eigenvalue weighted by Crippen LogP contribution is -2.49. The van der Waals surface area contributed by atoms with Crippen LogP contribution in [0.15, 0.2) is 0 Å². The Kier molecular flexibility index (Phi) is 3.50. The van der Waals surface area contributed by atoms with Crippen LogP contribution >= 0.6 is 11.8 Å². The summed E-state index contributed by atoms with van der Waals surface area (Å²) in [6.07, 6.45) is 5.53. The van der Waals surface area contributed by atoms with E-state index >= 15 is 0 Å². The van der Waals surface area contributed by atoms with Gasteiger partial charge in [-0.2, -0.15) is 11.8 Å². The highest BCUT2D eigenvalue weighted by Gasteiger charge is 2.40. The van der Waals surface area contributed by atoms with Gasteiger partial charge in [0, 0.05) is 12.3 Å². The largest absolute Gasteiger partial charge is 0.379 e. The molecule has 0 bridgehead atoms. The smallest absolute Gasteiger partial charge is 0.252 e. The summed E-state index contributed by atoms with van der Waals surface area (Å²) in [5, 5.41) is 13.0. The summed E-state index contributed by atoms with van der Waals surface area (Å²) in [6, 6.07) is 0. The fourth-order valence-electron chi connectivity index (χ4n) is 2.60. The maximum atomic E-state index is 11.9. The van der Waals surface area contributed by atoms with Gasteiger partial charge in [-0.25, -0.2) is 0 Å². The molecular formula is C12H21NO2S. The van der Waals surface area contributed by atoms with E-state index in [2.05, 4.69) is 12.2 Å². The molecule has 0 aromatic carbocycles. The van der Waals surface area contributed by atoms with Gasteiger partial charge in [0.2, 0.25) is 0 Å². The monoisotopic (exact) mass is 243 g/mol. The molecule has 1 aliphatic heterocycles. The van der Waals surface area contributed by atoms with Crippen LogP contribution in [-0.2, 0) is 4.79 Å². The minimum absolute atomic E-state index is 0.161. The summed E-state index contributed by atoms with van der Waals surface area (Å²) in [7, 11) is 0. The first-order valence-electron chi connectivity index (χ1n) is 6.13. The number of aliphatic hydroxyl groups is 1. The van der Waals surface area contributed by atoms with Crippen molar-refractivity contribution in [1.29, 1.82) is 0 Å². The molecule has 1 atom stereocenters. The number of amides is 1. The molecule has 92 valence electrons. The third-order valence-corrected chi connectivity index (χ3v) is 5.08. The van der Waals surface area contributed by atoms with Crippen LogP contribution in [0, 0.1) is 5.41 Å². The second kappa shape index (κ2) is 4.57. The first-order chi connectivity index (χ1) is 7.54. The van der Waals surface area contributed by atoms with E-state index in [-0.39, 0.29) is 11.3 Å². The number of nitrogens with one attached hydrogen (secondary N) is 1. The predicted octanol–water partition coefficient (Wildman–Crippen LogP) is 1.55. The highest BCUT2D eigenvalue weighted by Crippen LogP contribution is 2.37. The molecule has 2 fully saturated rings. The van der Waals surface area contributed by atoms with E-state index in [0.29, 0.717) is 12.2 Å². The Labute approximate surface area is 101 Å². The van der Waals surface area contributed by atoms with E-state index in [9.17, 15) is 9.90 Å². The summed E-state index contributed by atoms with van der Waals surface area (Å²) in [6.45, 7) is 2.95. The first-order valence-corrected chi connectivity index (χ1v) is 7.28. The van der Waals surface area contributed by atoms with E-state index < -0.39 is 5.60 Å². The topological polar surface area (TPSA) is 49.3 Å². The molecule has 1 aliphatic carbocycles. The number of thioether (sulfide) groups is 1. The maximum absolute atomic E-state index is 11.9. The summed E-state index contributed by atoms with van der Waals surface area (Å²) in [5.41, 5.74) is -0.836. The third-order valence-electron chi connectivity index (χ3n) is 3.91. The van der Waals surface area contributed by atoms with Crippen LogP contribution in [0.25, 0.3) is 0 Å². The molecule has 0 aromatic rings. The number of rotatable bonds is 3. The number of hydrogen-bond acceptors (Lipinski definition) is 3. The minimum Gasteiger partial charge on any atom is -0.379 e. The van der Waals surface area contributed by atoms with Crippen LogP contribution in [0.1, 0.15) is 39.0 Å². The fraction of sp³-hybridized carbons (Fsp3) is 0.917. The normalized spacial score (nSPS) is 32.9. The highest BCUT2D eigenvalue weighted by atomic mass is 32.2. The summed E-state index contributed by atoms with van der Waals surface area (Å²) < 4.78 is 0. The van der Waals surface area contributed by atoms with Crippen molar-refractivity contribution in [2.75, 3.05) is 18.1 Å². The van der Waals surface area contributed by atoms with Gasteiger partial charge in [-0.1, -0.05) is 19.8 Å². The van der Waals surface area contributed by atoms with E-state index in [1.54, 1.807) is 11.8 Å². The maximum Gasteiger partial charge on any atom is 0.252 e. The Morgan fingerprint density at radius 2 is 2.06 bits per heavy atom. The van der Waals surface area contributed by atoms with Crippen LogP contribution in [0.3, 0.4) is 0 Å². The first kappa shape index (κ1) is 12.2. The lowest BCUT2D eigenvalue weighted by Gasteiger charge is -2.27. The number of carbonyl (C=O) groups is 1. The fourth-order valence-corrected chi connectivity index (χ4v) is 3.84. The van der Waals surface area contributed by atoms with Crippen molar-refractivity contribution in [1.82, 2.24) is 5.32 Å². The van der Waals surface area contributed by atoms with Crippen LogP contribution in [0.2, 0.25) is 0 Å². The van der Waals surface area contributed by atoms with Gasteiger partial charge in [-0.05, 0) is 30.4 Å². The van der Waals surface area contributed by atoms with Gasteiger partial charge in [0.15, 0.2) is 5.60 Å². The van der Waals surface area contributed by atoms with E-state index in [1.807, 2.05) is 0 Å². The van der Waals surface area contributed by atoms with Crippen molar-refractivity contribution in [3.05, 3.63) is 0 Å². The van der Waals surface area contributed by atoms with Gasteiger partial charge in [0.25, 0.3) is 5.91 Å². The standard InChI is InChI=1S/C12H21NO2S/c1-11(4-2-3-5-11)8-13-10(14)12(15)6-7-16-9-12/h15H,2-9H2,1H3,(H,13,14). The van der Waals surface area contributed by atoms with Gasteiger partial charge in [-0.15, -0.1) is 0 Å². The molecule has 1 saturated heterocycles. The van der Waals surface area contributed by atoms with E-state index in [1.165, 1.54) is 25.7 Å². The van der Waals surface area contributed by atoms with Crippen LogP contribution in [-0.4, -0.2) is 34.7 Å². The van der Waals surface area contributed by atoms with Gasteiger partial charge in [0.05, 0.1) is 0 Å². The minimum atomic E-state index is -1.10. The molecular weight excluding hydrogens is 222 g/mol. The number of hydrogen-bond donors (Lipinski definition) is 2. The van der Waals surface area contributed by atoms with Crippen molar-refractivity contribution >= 4 is 17.7 Å². The Morgan fingerprint density at radius 1 is 1.38 bits per heavy atom. The van der Waals surface area contributed by atoms with Gasteiger partial charge in [-0.3, -0.25) is 4.79 Å². The van der Waals surface area contributed by atoms with Gasteiger partial charge in [0.1, 0.15) is 0 Å². The van der Waals surface area contributed by atoms with Crippen LogP contribution in [0.4, 0.5) is 0 Å². The van der Waals surface area contributed by atoms with Crippen molar-refractivity contribution in [3.63, 3.8) is 0 Å². The average molecular weight is 243 g/mol. The molecule has 1 unspecified atom stereocenters. The Bertz CT molecular complexity index is 268. The molecule has 0 radical (unpaired) electrons. The predicted molar refractivity (Wildman–Crippen MR) is 66.5 cm³/mol. The molecule has 2 rings (SSSR count). The lowest BCUT2D eigenvalue weighted by atomic mass is 9.88. The zero-order valence-corrected chi connectivity index (χ0v) is 10.7. The van der Waals surface area contributed by atoms with Crippen molar-refractivity contribution in [2.24, 2.45) is 5.41 Å². The molecule has 16 heavy (non-hydrogen) atoms. The Balaban J connectivity index is 1.83. The molecule has 0 spiro atoms. The number of carbonyl (C=O) groups excluding carboxylic acids is 1. The second-order valence-electron chi connectivity index (χ2n) is 5.53. The van der Waals surface area contributed by atoms with Crippen molar-refractivity contribution in [3.8, 4) is 0 Å². The molecule has 2 N–H and O–H groups in total. The molecule has 3 nitrogen and oxygen atoms in total. The van der Waals surface area contributed by atoms with Gasteiger partial charge < -0.3 is 10.4 Å². The van der Waals surface area contributed by atoms with Crippen LogP contribution < -0.4 is 5.32 Å².